The van der Waals surface area contributed by atoms with Crippen molar-refractivity contribution >= 4 is 23.5 Å². The molecule has 0 radical (unpaired) electrons. The maximum Gasteiger partial charge on any atom is 0.341 e. The van der Waals surface area contributed by atoms with Crippen LogP contribution in [0.5, 0.6) is 11.5 Å². The topological polar surface area (TPSA) is 98.5 Å². The number of nitrogens with zero attached hydrogens (tertiary/aromatic N) is 2. The van der Waals surface area contributed by atoms with Crippen LogP contribution in [0.2, 0.25) is 0 Å². The summed E-state index contributed by atoms with van der Waals surface area (Å²) in [5.41, 5.74) is 1.00. The molecule has 2 aliphatic heterocycles. The lowest BCUT2D eigenvalue weighted by atomic mass is 10.1. The zero-order valence-corrected chi connectivity index (χ0v) is 17.0. The van der Waals surface area contributed by atoms with Crippen molar-refractivity contribution in [2.24, 2.45) is 5.92 Å². The van der Waals surface area contributed by atoms with Gasteiger partial charge < -0.3 is 28.4 Å². The molecule has 1 aromatic carbocycles. The van der Waals surface area contributed by atoms with Crippen LogP contribution in [0.25, 0.3) is 0 Å². The Morgan fingerprint density at radius 2 is 2.00 bits per heavy atom. The SMILES string of the molecule is COC(=O)c1cc(CN(C)C(=O)C2CC(=O)N(c3ccc4c(c3)OCO4)C2)oc1C. The summed E-state index contributed by atoms with van der Waals surface area (Å²) in [6, 6.07) is 6.85. The molecule has 1 saturated heterocycles. The highest BCUT2D eigenvalue weighted by atomic mass is 16.7. The summed E-state index contributed by atoms with van der Waals surface area (Å²) in [4.78, 5) is 40.3. The van der Waals surface area contributed by atoms with Crippen LogP contribution < -0.4 is 14.4 Å². The summed E-state index contributed by atoms with van der Waals surface area (Å²) in [6.07, 6.45) is 0.127. The number of carbonyl (C=O) groups excluding carboxylic acids is 3. The van der Waals surface area contributed by atoms with Gasteiger partial charge in [-0.15, -0.1) is 0 Å². The fourth-order valence-electron chi connectivity index (χ4n) is 3.73. The number of rotatable bonds is 5. The average Bonchev–Trinajstić information content (AvgIpc) is 3.44. The van der Waals surface area contributed by atoms with E-state index in [2.05, 4.69) is 0 Å². The van der Waals surface area contributed by atoms with Crippen molar-refractivity contribution in [1.82, 2.24) is 4.90 Å². The van der Waals surface area contributed by atoms with Crippen LogP contribution in [0.4, 0.5) is 5.69 Å². The first-order valence-corrected chi connectivity index (χ1v) is 9.50. The van der Waals surface area contributed by atoms with Gasteiger partial charge in [0.05, 0.1) is 19.6 Å². The molecule has 3 heterocycles. The number of hydrogen-bond donors (Lipinski definition) is 0. The molecule has 0 N–H and O–H groups in total. The predicted molar refractivity (Wildman–Crippen MR) is 104 cm³/mol. The minimum absolute atomic E-state index is 0.123. The lowest BCUT2D eigenvalue weighted by Gasteiger charge is -2.21. The Kier molecular flexibility index (Phi) is 5.11. The molecular formula is C21H22N2O7. The van der Waals surface area contributed by atoms with Gasteiger partial charge in [0.15, 0.2) is 11.5 Å². The molecule has 2 aliphatic rings. The normalized spacial score (nSPS) is 17.4. The number of benzene rings is 1. The maximum absolute atomic E-state index is 12.9. The number of furan rings is 1. The number of esters is 1. The second-order valence-electron chi connectivity index (χ2n) is 7.31. The van der Waals surface area contributed by atoms with E-state index in [1.807, 2.05) is 0 Å². The first kappa shape index (κ1) is 19.8. The molecule has 1 fully saturated rings. The molecule has 2 amide bonds. The predicted octanol–water partition coefficient (Wildman–Crippen LogP) is 2.11. The zero-order valence-electron chi connectivity index (χ0n) is 17.0. The number of aryl methyl sites for hydroxylation is 1. The van der Waals surface area contributed by atoms with E-state index >= 15 is 0 Å². The van der Waals surface area contributed by atoms with Gasteiger partial charge in [-0.3, -0.25) is 9.59 Å². The van der Waals surface area contributed by atoms with Gasteiger partial charge in [-0.25, -0.2) is 4.79 Å². The minimum atomic E-state index is -0.489. The van der Waals surface area contributed by atoms with Crippen molar-refractivity contribution in [3.63, 3.8) is 0 Å². The van der Waals surface area contributed by atoms with Crippen molar-refractivity contribution in [3.8, 4) is 11.5 Å². The maximum atomic E-state index is 12.9. The van der Waals surface area contributed by atoms with Crippen LogP contribution in [0.3, 0.4) is 0 Å². The van der Waals surface area contributed by atoms with Gasteiger partial charge in [0.25, 0.3) is 0 Å². The molecule has 30 heavy (non-hydrogen) atoms. The molecule has 9 nitrogen and oxygen atoms in total. The number of carbonyl (C=O) groups is 3. The summed E-state index contributed by atoms with van der Waals surface area (Å²) in [5.74, 6) is 0.882. The summed E-state index contributed by atoms with van der Waals surface area (Å²) in [5, 5.41) is 0. The van der Waals surface area contributed by atoms with E-state index in [1.165, 1.54) is 12.0 Å². The Labute approximate surface area is 173 Å². The first-order valence-electron chi connectivity index (χ1n) is 9.50. The van der Waals surface area contributed by atoms with E-state index in [9.17, 15) is 14.4 Å². The number of fused-ring (bicyclic) bond motifs is 1. The van der Waals surface area contributed by atoms with Crippen LogP contribution >= 0.6 is 0 Å². The Balaban J connectivity index is 1.42. The summed E-state index contributed by atoms with van der Waals surface area (Å²) < 4.78 is 21.0. The molecule has 1 atom stereocenters. The molecule has 2 aromatic rings. The van der Waals surface area contributed by atoms with Crippen LogP contribution in [0.15, 0.2) is 28.7 Å². The summed E-state index contributed by atoms with van der Waals surface area (Å²) in [6.45, 7) is 2.29. The number of methoxy groups -OCH3 is 1. The van der Waals surface area contributed by atoms with Crippen molar-refractivity contribution in [3.05, 3.63) is 41.3 Å². The molecular weight excluding hydrogens is 392 g/mol. The highest BCUT2D eigenvalue weighted by molar-refractivity contribution is 6.00. The largest absolute Gasteiger partial charge is 0.465 e. The van der Waals surface area contributed by atoms with Crippen LogP contribution in [-0.4, -0.2) is 50.2 Å². The number of hydrogen-bond acceptors (Lipinski definition) is 7. The monoisotopic (exact) mass is 414 g/mol. The van der Waals surface area contributed by atoms with E-state index in [-0.39, 0.29) is 38.1 Å². The Morgan fingerprint density at radius 3 is 2.77 bits per heavy atom. The van der Waals surface area contributed by atoms with Gasteiger partial charge >= 0.3 is 5.97 Å². The molecule has 158 valence electrons. The minimum Gasteiger partial charge on any atom is -0.465 e. The second-order valence-corrected chi connectivity index (χ2v) is 7.31. The van der Waals surface area contributed by atoms with Gasteiger partial charge in [-0.05, 0) is 25.1 Å². The van der Waals surface area contributed by atoms with E-state index in [1.54, 1.807) is 43.1 Å². The van der Waals surface area contributed by atoms with E-state index in [0.29, 0.717) is 34.3 Å². The first-order chi connectivity index (χ1) is 14.4. The Morgan fingerprint density at radius 1 is 1.23 bits per heavy atom. The van der Waals surface area contributed by atoms with Gasteiger partial charge in [-0.1, -0.05) is 0 Å². The summed E-state index contributed by atoms with van der Waals surface area (Å²) >= 11 is 0. The highest BCUT2D eigenvalue weighted by Gasteiger charge is 2.37. The fourth-order valence-corrected chi connectivity index (χ4v) is 3.73. The molecule has 1 aromatic heterocycles. The Hall–Kier alpha value is -3.49. The molecule has 4 rings (SSSR count). The van der Waals surface area contributed by atoms with Gasteiger partial charge in [0.1, 0.15) is 17.1 Å². The highest BCUT2D eigenvalue weighted by Crippen LogP contribution is 2.37. The average molecular weight is 414 g/mol. The number of anilines is 1. The van der Waals surface area contributed by atoms with Crippen molar-refractivity contribution in [2.45, 2.75) is 19.9 Å². The quantitative estimate of drug-likeness (QED) is 0.691. The van der Waals surface area contributed by atoms with Crippen molar-refractivity contribution in [2.75, 3.05) is 32.4 Å². The zero-order chi connectivity index (χ0) is 21.4. The lowest BCUT2D eigenvalue weighted by Crippen LogP contribution is -2.34. The number of amides is 2. The summed E-state index contributed by atoms with van der Waals surface area (Å²) in [7, 11) is 2.94. The third-order valence-electron chi connectivity index (χ3n) is 5.29. The third-order valence-corrected chi connectivity index (χ3v) is 5.29. The second kappa shape index (κ2) is 7.74. The van der Waals surface area contributed by atoms with Crippen LogP contribution in [0, 0.1) is 12.8 Å². The van der Waals surface area contributed by atoms with Gasteiger partial charge in [0, 0.05) is 31.8 Å². The van der Waals surface area contributed by atoms with E-state index in [0.717, 1.165) is 0 Å². The lowest BCUT2D eigenvalue weighted by molar-refractivity contribution is -0.135. The van der Waals surface area contributed by atoms with Crippen LogP contribution in [0.1, 0.15) is 28.3 Å². The van der Waals surface area contributed by atoms with Gasteiger partial charge in [-0.2, -0.15) is 0 Å². The fraction of sp³-hybridized carbons (Fsp3) is 0.381. The standard InChI is InChI=1S/C21H22N2O7/c1-12-16(21(26)27-3)8-15(30-12)10-22(2)20(25)13-6-19(24)23(9-13)14-4-5-17-18(7-14)29-11-28-17/h4-5,7-8,13H,6,9-11H2,1-3H3. The molecule has 0 bridgehead atoms. The van der Waals surface area contributed by atoms with Crippen molar-refractivity contribution < 1.29 is 33.0 Å². The van der Waals surface area contributed by atoms with E-state index in [4.69, 9.17) is 18.6 Å². The molecule has 0 saturated carbocycles. The molecule has 0 spiro atoms. The Bertz CT molecular complexity index is 1010. The smallest absolute Gasteiger partial charge is 0.341 e. The molecule has 0 aliphatic carbocycles. The number of ether oxygens (including phenoxy) is 3. The van der Waals surface area contributed by atoms with Gasteiger partial charge in [0.2, 0.25) is 18.6 Å². The van der Waals surface area contributed by atoms with E-state index < -0.39 is 11.9 Å². The van der Waals surface area contributed by atoms with Crippen LogP contribution in [-0.2, 0) is 20.9 Å². The molecule has 1 unspecified atom stereocenters. The molecule has 9 heteroatoms. The third kappa shape index (κ3) is 3.58. The van der Waals surface area contributed by atoms with Crippen molar-refractivity contribution in [1.29, 1.82) is 0 Å².